The van der Waals surface area contributed by atoms with Gasteiger partial charge < -0.3 is 5.11 Å². The summed E-state index contributed by atoms with van der Waals surface area (Å²) >= 11 is 0. The molecule has 0 rings (SSSR count). The Morgan fingerprint density at radius 1 is 1.50 bits per heavy atom. The Balaban J connectivity index is 3.71. The Morgan fingerprint density at radius 3 is 2.30 bits per heavy atom. The van der Waals surface area contributed by atoms with E-state index in [1.165, 1.54) is 0 Å². The Bertz CT molecular complexity index is 108. The second-order valence-corrected chi connectivity index (χ2v) is 2.86. The minimum Gasteiger partial charge on any atom is -0.385 e. The number of aliphatic hydroxyl groups is 1. The maximum absolute atomic E-state index is 11.0. The van der Waals surface area contributed by atoms with Gasteiger partial charge in [0.25, 0.3) is 0 Å². The topological polar surface area (TPSA) is 37.3 Å². The maximum atomic E-state index is 11.0. The average Bonchev–Trinajstić information content (AvgIpc) is 1.87. The van der Waals surface area contributed by atoms with E-state index < -0.39 is 6.10 Å². The number of carbonyl (C=O) groups is 1. The Labute approximate surface area is 62.2 Å². The van der Waals surface area contributed by atoms with E-state index in [1.807, 2.05) is 6.92 Å². The van der Waals surface area contributed by atoms with Crippen molar-refractivity contribution in [3.8, 4) is 0 Å². The van der Waals surface area contributed by atoms with Crippen LogP contribution in [-0.2, 0) is 4.79 Å². The molecule has 0 aromatic rings. The molecule has 0 aromatic carbocycles. The fraction of sp³-hybridized carbons (Fsp3) is 0.875. The quantitative estimate of drug-likeness (QED) is 0.647. The van der Waals surface area contributed by atoms with Crippen LogP contribution < -0.4 is 0 Å². The Kier molecular flexibility index (Phi) is 4.28. The highest BCUT2D eigenvalue weighted by Crippen LogP contribution is 2.04. The van der Waals surface area contributed by atoms with Crippen molar-refractivity contribution in [2.75, 3.05) is 0 Å². The van der Waals surface area contributed by atoms with Crippen LogP contribution in [0, 0.1) is 5.92 Å². The second-order valence-electron chi connectivity index (χ2n) is 2.86. The van der Waals surface area contributed by atoms with Crippen LogP contribution in [0.2, 0.25) is 0 Å². The monoisotopic (exact) mass is 144 g/mol. The zero-order valence-electron chi connectivity index (χ0n) is 6.92. The van der Waals surface area contributed by atoms with Gasteiger partial charge in [0.2, 0.25) is 0 Å². The van der Waals surface area contributed by atoms with Crippen LogP contribution in [0.3, 0.4) is 0 Å². The van der Waals surface area contributed by atoms with Gasteiger partial charge in [-0.25, -0.2) is 0 Å². The van der Waals surface area contributed by atoms with Crippen molar-refractivity contribution >= 4 is 5.78 Å². The third-order valence-electron chi connectivity index (χ3n) is 1.46. The van der Waals surface area contributed by atoms with Gasteiger partial charge in [-0.2, -0.15) is 0 Å². The zero-order chi connectivity index (χ0) is 8.15. The summed E-state index contributed by atoms with van der Waals surface area (Å²) in [5, 5.41) is 9.14. The molecular formula is C8H16O2. The molecule has 0 bridgehead atoms. The molecule has 0 saturated carbocycles. The molecule has 2 nitrogen and oxygen atoms in total. The molecule has 0 aromatic heterocycles. The molecule has 0 aliphatic carbocycles. The molecule has 0 heterocycles. The SMILES string of the molecule is CCC[C@H](O)C(=O)C(C)C. The number of carbonyl (C=O) groups excluding carboxylic acids is 1. The summed E-state index contributed by atoms with van der Waals surface area (Å²) in [6.45, 7) is 5.57. The molecular weight excluding hydrogens is 128 g/mol. The summed E-state index contributed by atoms with van der Waals surface area (Å²) in [7, 11) is 0. The normalized spacial score (nSPS) is 13.7. The van der Waals surface area contributed by atoms with E-state index in [0.717, 1.165) is 6.42 Å². The molecule has 0 unspecified atom stereocenters. The minimum atomic E-state index is -0.731. The van der Waals surface area contributed by atoms with Gasteiger partial charge in [0, 0.05) is 5.92 Å². The highest BCUT2D eigenvalue weighted by Gasteiger charge is 2.16. The third kappa shape index (κ3) is 2.97. The predicted octanol–water partition coefficient (Wildman–Crippen LogP) is 1.37. The van der Waals surface area contributed by atoms with Crippen LogP contribution in [0.5, 0.6) is 0 Å². The molecule has 0 radical (unpaired) electrons. The van der Waals surface area contributed by atoms with Crippen LogP contribution in [0.25, 0.3) is 0 Å². The third-order valence-corrected chi connectivity index (χ3v) is 1.46. The van der Waals surface area contributed by atoms with Crippen LogP contribution >= 0.6 is 0 Å². The van der Waals surface area contributed by atoms with Crippen LogP contribution in [0.4, 0.5) is 0 Å². The molecule has 0 saturated heterocycles. The smallest absolute Gasteiger partial charge is 0.163 e. The molecule has 0 fully saturated rings. The standard InChI is InChI=1S/C8H16O2/c1-4-5-7(9)8(10)6(2)3/h6-7,9H,4-5H2,1-3H3/t7-/m0/s1. The minimum absolute atomic E-state index is 0.0400. The first kappa shape index (κ1) is 9.63. The number of ketones is 1. The summed E-state index contributed by atoms with van der Waals surface area (Å²) in [5.74, 6) is -0.0802. The van der Waals surface area contributed by atoms with Gasteiger partial charge in [-0.05, 0) is 6.42 Å². The molecule has 0 spiro atoms. The van der Waals surface area contributed by atoms with E-state index in [0.29, 0.717) is 6.42 Å². The largest absolute Gasteiger partial charge is 0.385 e. The van der Waals surface area contributed by atoms with E-state index in [9.17, 15) is 4.79 Å². The highest BCUT2D eigenvalue weighted by atomic mass is 16.3. The van der Waals surface area contributed by atoms with Gasteiger partial charge in [-0.15, -0.1) is 0 Å². The first-order chi connectivity index (χ1) is 4.59. The summed E-state index contributed by atoms with van der Waals surface area (Å²) in [4.78, 5) is 11.0. The first-order valence-corrected chi connectivity index (χ1v) is 3.81. The maximum Gasteiger partial charge on any atom is 0.163 e. The number of rotatable bonds is 4. The molecule has 60 valence electrons. The zero-order valence-corrected chi connectivity index (χ0v) is 6.92. The van der Waals surface area contributed by atoms with E-state index in [1.54, 1.807) is 13.8 Å². The van der Waals surface area contributed by atoms with Gasteiger partial charge in [0.05, 0.1) is 0 Å². The second kappa shape index (κ2) is 4.45. The molecule has 2 heteroatoms. The summed E-state index contributed by atoms with van der Waals surface area (Å²) in [6.07, 6.45) is 0.724. The van der Waals surface area contributed by atoms with Crippen molar-refractivity contribution < 1.29 is 9.90 Å². The van der Waals surface area contributed by atoms with Gasteiger partial charge in [0.1, 0.15) is 6.10 Å². The summed E-state index contributed by atoms with van der Waals surface area (Å²) < 4.78 is 0. The van der Waals surface area contributed by atoms with Crippen molar-refractivity contribution in [2.24, 2.45) is 5.92 Å². The lowest BCUT2D eigenvalue weighted by molar-refractivity contribution is -0.130. The van der Waals surface area contributed by atoms with Crippen LogP contribution in [0.15, 0.2) is 0 Å². The number of aliphatic hydroxyl groups excluding tert-OH is 1. The van der Waals surface area contributed by atoms with Crippen LogP contribution in [0.1, 0.15) is 33.6 Å². The van der Waals surface area contributed by atoms with Gasteiger partial charge in [-0.1, -0.05) is 27.2 Å². The van der Waals surface area contributed by atoms with Crippen molar-refractivity contribution in [3.63, 3.8) is 0 Å². The summed E-state index contributed by atoms with van der Waals surface area (Å²) in [5.41, 5.74) is 0. The molecule has 1 N–H and O–H groups in total. The number of hydrogen-bond acceptors (Lipinski definition) is 2. The first-order valence-electron chi connectivity index (χ1n) is 3.81. The van der Waals surface area contributed by atoms with Gasteiger partial charge in [-0.3, -0.25) is 4.79 Å². The van der Waals surface area contributed by atoms with E-state index >= 15 is 0 Å². The van der Waals surface area contributed by atoms with Gasteiger partial charge >= 0.3 is 0 Å². The number of hydrogen-bond donors (Lipinski definition) is 1. The average molecular weight is 144 g/mol. The highest BCUT2D eigenvalue weighted by molar-refractivity contribution is 5.84. The molecule has 0 aliphatic rings. The van der Waals surface area contributed by atoms with E-state index in [4.69, 9.17) is 5.11 Å². The van der Waals surface area contributed by atoms with Crippen molar-refractivity contribution in [2.45, 2.75) is 39.7 Å². The molecule has 0 aliphatic heterocycles. The van der Waals surface area contributed by atoms with E-state index in [2.05, 4.69) is 0 Å². The predicted molar refractivity (Wildman–Crippen MR) is 40.8 cm³/mol. The lowest BCUT2D eigenvalue weighted by Crippen LogP contribution is -2.24. The molecule has 0 amide bonds. The fourth-order valence-corrected chi connectivity index (χ4v) is 0.800. The lowest BCUT2D eigenvalue weighted by Gasteiger charge is -2.09. The van der Waals surface area contributed by atoms with Crippen molar-refractivity contribution in [1.82, 2.24) is 0 Å². The summed E-state index contributed by atoms with van der Waals surface area (Å²) in [6, 6.07) is 0. The number of Topliss-reactive ketones (excluding diaryl/α,β-unsaturated/α-hetero) is 1. The van der Waals surface area contributed by atoms with Gasteiger partial charge in [0.15, 0.2) is 5.78 Å². The van der Waals surface area contributed by atoms with Crippen molar-refractivity contribution in [1.29, 1.82) is 0 Å². The lowest BCUT2D eigenvalue weighted by atomic mass is 10.0. The fourth-order valence-electron chi connectivity index (χ4n) is 0.800. The van der Waals surface area contributed by atoms with Crippen LogP contribution in [-0.4, -0.2) is 17.0 Å². The molecule has 1 atom stereocenters. The van der Waals surface area contributed by atoms with Crippen molar-refractivity contribution in [3.05, 3.63) is 0 Å². The van der Waals surface area contributed by atoms with E-state index in [-0.39, 0.29) is 11.7 Å². The Morgan fingerprint density at radius 2 is 2.00 bits per heavy atom. The molecule has 10 heavy (non-hydrogen) atoms. The Hall–Kier alpha value is -0.370.